The van der Waals surface area contributed by atoms with Crippen LogP contribution in [0.4, 0.5) is 5.82 Å². The summed E-state index contributed by atoms with van der Waals surface area (Å²) in [5, 5.41) is 11.6. The Hall–Kier alpha value is -2.93. The first kappa shape index (κ1) is 12.5. The van der Waals surface area contributed by atoms with E-state index in [1.807, 2.05) is 36.4 Å². The summed E-state index contributed by atoms with van der Waals surface area (Å²) in [5.41, 5.74) is 0.840. The number of aromatic nitrogens is 1. The summed E-state index contributed by atoms with van der Waals surface area (Å²) in [6.45, 7) is 0. The van der Waals surface area contributed by atoms with Crippen LogP contribution in [-0.4, -0.2) is 10.9 Å². The van der Waals surface area contributed by atoms with Gasteiger partial charge in [-0.3, -0.25) is 4.79 Å². The average Bonchev–Trinajstić information content (AvgIpc) is 2.47. The van der Waals surface area contributed by atoms with Crippen LogP contribution in [0, 0.1) is 11.3 Å². The van der Waals surface area contributed by atoms with Crippen LogP contribution in [0.1, 0.15) is 5.56 Å². The Kier molecular flexibility index (Phi) is 4.04. The van der Waals surface area contributed by atoms with Crippen molar-refractivity contribution in [1.29, 1.82) is 5.26 Å². The van der Waals surface area contributed by atoms with Crippen molar-refractivity contribution in [2.24, 2.45) is 0 Å². The maximum atomic E-state index is 11.9. The SMILES string of the molecule is N#C/C(=C\c1ccccc1)C(=O)Nc1ccccn1. The predicted octanol–water partition coefficient (Wildman–Crippen LogP) is 2.63. The van der Waals surface area contributed by atoms with Crippen molar-refractivity contribution in [3.8, 4) is 6.07 Å². The van der Waals surface area contributed by atoms with Crippen molar-refractivity contribution >= 4 is 17.8 Å². The van der Waals surface area contributed by atoms with Gasteiger partial charge in [-0.1, -0.05) is 36.4 Å². The molecule has 0 bridgehead atoms. The van der Waals surface area contributed by atoms with Gasteiger partial charge in [-0.25, -0.2) is 4.98 Å². The van der Waals surface area contributed by atoms with Gasteiger partial charge in [-0.15, -0.1) is 0 Å². The molecule has 0 saturated heterocycles. The number of carbonyl (C=O) groups is 1. The molecule has 0 aliphatic rings. The minimum absolute atomic E-state index is 0.0388. The Balaban J connectivity index is 2.17. The molecule has 0 fully saturated rings. The highest BCUT2D eigenvalue weighted by molar-refractivity contribution is 6.09. The zero-order valence-corrected chi connectivity index (χ0v) is 10.1. The highest BCUT2D eigenvalue weighted by atomic mass is 16.1. The number of benzene rings is 1. The molecular weight excluding hydrogens is 238 g/mol. The Bertz CT molecular complexity index is 627. The van der Waals surface area contributed by atoms with Crippen LogP contribution in [-0.2, 0) is 4.79 Å². The third-order valence-corrected chi connectivity index (χ3v) is 2.38. The molecule has 0 spiro atoms. The third kappa shape index (κ3) is 3.51. The molecule has 1 aromatic heterocycles. The van der Waals surface area contributed by atoms with E-state index >= 15 is 0 Å². The summed E-state index contributed by atoms with van der Waals surface area (Å²) < 4.78 is 0. The van der Waals surface area contributed by atoms with E-state index in [1.54, 1.807) is 24.4 Å². The normalized spacial score (nSPS) is 10.6. The Morgan fingerprint density at radius 2 is 1.89 bits per heavy atom. The largest absolute Gasteiger partial charge is 0.306 e. The summed E-state index contributed by atoms with van der Waals surface area (Å²) in [6.07, 6.45) is 3.11. The lowest BCUT2D eigenvalue weighted by Gasteiger charge is -2.02. The van der Waals surface area contributed by atoms with Crippen molar-refractivity contribution in [2.45, 2.75) is 0 Å². The van der Waals surface area contributed by atoms with Crippen LogP contribution >= 0.6 is 0 Å². The lowest BCUT2D eigenvalue weighted by molar-refractivity contribution is -0.112. The van der Waals surface area contributed by atoms with E-state index in [4.69, 9.17) is 5.26 Å². The number of hydrogen-bond donors (Lipinski definition) is 1. The molecule has 0 aliphatic heterocycles. The van der Waals surface area contributed by atoms with E-state index in [1.165, 1.54) is 6.08 Å². The second-order valence-electron chi connectivity index (χ2n) is 3.75. The van der Waals surface area contributed by atoms with Crippen molar-refractivity contribution in [3.63, 3.8) is 0 Å². The zero-order chi connectivity index (χ0) is 13.5. The molecule has 2 aromatic rings. The molecule has 92 valence electrons. The molecule has 0 radical (unpaired) electrons. The standard InChI is InChI=1S/C15H11N3O/c16-11-13(10-12-6-2-1-3-7-12)15(19)18-14-8-4-5-9-17-14/h1-10H,(H,17,18,19)/b13-10+. The van der Waals surface area contributed by atoms with E-state index in [0.717, 1.165) is 5.56 Å². The predicted molar refractivity (Wildman–Crippen MR) is 72.9 cm³/mol. The monoisotopic (exact) mass is 249 g/mol. The van der Waals surface area contributed by atoms with Gasteiger partial charge in [0.15, 0.2) is 0 Å². The molecule has 1 heterocycles. The second kappa shape index (κ2) is 6.12. The first-order valence-electron chi connectivity index (χ1n) is 5.69. The number of carbonyl (C=O) groups excluding carboxylic acids is 1. The molecule has 0 unspecified atom stereocenters. The minimum atomic E-state index is -0.468. The van der Waals surface area contributed by atoms with Gasteiger partial charge in [0.05, 0.1) is 0 Å². The molecule has 0 saturated carbocycles. The van der Waals surface area contributed by atoms with Crippen LogP contribution in [0.5, 0.6) is 0 Å². The molecule has 4 nitrogen and oxygen atoms in total. The molecular formula is C15H11N3O. The Morgan fingerprint density at radius 1 is 1.16 bits per heavy atom. The van der Waals surface area contributed by atoms with E-state index in [0.29, 0.717) is 5.82 Å². The van der Waals surface area contributed by atoms with Gasteiger partial charge in [-0.2, -0.15) is 5.26 Å². The number of anilines is 1. The van der Waals surface area contributed by atoms with Crippen LogP contribution in [0.25, 0.3) is 6.08 Å². The fourth-order valence-corrected chi connectivity index (χ4v) is 1.48. The first-order valence-corrected chi connectivity index (χ1v) is 5.69. The van der Waals surface area contributed by atoms with Gasteiger partial charge in [0, 0.05) is 6.20 Å². The van der Waals surface area contributed by atoms with E-state index in [9.17, 15) is 4.79 Å². The van der Waals surface area contributed by atoms with Crippen LogP contribution in [0.15, 0.2) is 60.3 Å². The third-order valence-electron chi connectivity index (χ3n) is 2.38. The summed E-state index contributed by atoms with van der Waals surface area (Å²) in [7, 11) is 0. The number of nitrogens with zero attached hydrogens (tertiary/aromatic N) is 2. The smallest absolute Gasteiger partial charge is 0.267 e. The fourth-order valence-electron chi connectivity index (χ4n) is 1.48. The summed E-state index contributed by atoms with van der Waals surface area (Å²) in [5.74, 6) is -0.0493. The van der Waals surface area contributed by atoms with Crippen LogP contribution < -0.4 is 5.32 Å². The summed E-state index contributed by atoms with van der Waals surface area (Å²) >= 11 is 0. The van der Waals surface area contributed by atoms with Crippen molar-refractivity contribution in [2.75, 3.05) is 5.32 Å². The van der Waals surface area contributed by atoms with Crippen LogP contribution in [0.2, 0.25) is 0 Å². The molecule has 0 aliphatic carbocycles. The fraction of sp³-hybridized carbons (Fsp3) is 0. The zero-order valence-electron chi connectivity index (χ0n) is 10.1. The molecule has 1 amide bonds. The average molecular weight is 249 g/mol. The molecule has 19 heavy (non-hydrogen) atoms. The van der Waals surface area contributed by atoms with Gasteiger partial charge in [0.1, 0.15) is 17.5 Å². The Labute approximate surface area is 111 Å². The highest BCUT2D eigenvalue weighted by Gasteiger charge is 2.09. The molecule has 1 aromatic carbocycles. The maximum Gasteiger partial charge on any atom is 0.267 e. The molecule has 4 heteroatoms. The van der Waals surface area contributed by atoms with E-state index in [2.05, 4.69) is 10.3 Å². The minimum Gasteiger partial charge on any atom is -0.306 e. The van der Waals surface area contributed by atoms with Gasteiger partial charge in [0.2, 0.25) is 0 Å². The van der Waals surface area contributed by atoms with Gasteiger partial charge < -0.3 is 5.32 Å². The summed E-state index contributed by atoms with van der Waals surface area (Å²) in [6, 6.07) is 16.3. The van der Waals surface area contributed by atoms with E-state index < -0.39 is 5.91 Å². The molecule has 1 N–H and O–H groups in total. The van der Waals surface area contributed by atoms with Crippen LogP contribution in [0.3, 0.4) is 0 Å². The second-order valence-corrected chi connectivity index (χ2v) is 3.75. The topological polar surface area (TPSA) is 65.8 Å². The first-order chi connectivity index (χ1) is 9.29. The van der Waals surface area contributed by atoms with Crippen molar-refractivity contribution in [1.82, 2.24) is 4.98 Å². The number of amides is 1. The van der Waals surface area contributed by atoms with Gasteiger partial charge in [0.25, 0.3) is 5.91 Å². The Morgan fingerprint density at radius 3 is 2.53 bits per heavy atom. The quantitative estimate of drug-likeness (QED) is 0.671. The lowest BCUT2D eigenvalue weighted by atomic mass is 10.1. The van der Waals surface area contributed by atoms with Crippen molar-refractivity contribution in [3.05, 3.63) is 65.9 Å². The van der Waals surface area contributed by atoms with E-state index in [-0.39, 0.29) is 5.57 Å². The molecule has 0 atom stereocenters. The van der Waals surface area contributed by atoms with Gasteiger partial charge in [-0.05, 0) is 23.8 Å². The highest BCUT2D eigenvalue weighted by Crippen LogP contribution is 2.08. The number of rotatable bonds is 3. The number of nitriles is 1. The number of pyridine rings is 1. The molecule has 2 rings (SSSR count). The summed E-state index contributed by atoms with van der Waals surface area (Å²) in [4.78, 5) is 15.9. The van der Waals surface area contributed by atoms with Gasteiger partial charge >= 0.3 is 0 Å². The maximum absolute atomic E-state index is 11.9. The number of nitrogens with one attached hydrogen (secondary N) is 1. The number of hydrogen-bond acceptors (Lipinski definition) is 3. The van der Waals surface area contributed by atoms with Crippen molar-refractivity contribution < 1.29 is 4.79 Å². The lowest BCUT2D eigenvalue weighted by Crippen LogP contribution is -2.14.